The van der Waals surface area contributed by atoms with Gasteiger partial charge in [-0.15, -0.1) is 28.8 Å². The van der Waals surface area contributed by atoms with Crippen LogP contribution in [0.4, 0.5) is 17.1 Å². The molecule has 6 heteroatoms. The standard InChI is InChI=1S/C67H61N4O.Pt/c1-46-37-54(67(5,6)7)41-59(52-25-17-24-50(39-52)48-20-10-8-11-21-48)57(46)27-18-36-69-45-70(63-29-15-14-28-62(63)69)55-26-16-19-47(38-55)44-72-56-31-32-58-60-40-51(49-22-12-9-13-23-49)30-33-61(60)71(64(58)43-56)65-42-53(34-35-68-65)66(2,3)4;/h8-17,19-26,28-35,37,39-42,45H,18,27,36,44H2,1-7H3;/q-3;/i1D3,8D,10D,11D,17D,20D,21D,24D,25D,39D;. The number of pyridine rings is 1. The fourth-order valence-electron chi connectivity index (χ4n) is 9.49. The topological polar surface area (TPSA) is 33.5 Å². The number of nitrogens with zero attached hydrogens (tertiary/aromatic N) is 4. The second-order valence-corrected chi connectivity index (χ2v) is 20.3. The summed E-state index contributed by atoms with van der Waals surface area (Å²) in [5.41, 5.74) is 8.00. The van der Waals surface area contributed by atoms with Crippen LogP contribution in [0.1, 0.15) is 92.2 Å². The van der Waals surface area contributed by atoms with Crippen molar-refractivity contribution in [2.24, 2.45) is 0 Å². The predicted molar refractivity (Wildman–Crippen MR) is 300 cm³/mol. The zero-order chi connectivity index (χ0) is 59.9. The van der Waals surface area contributed by atoms with Gasteiger partial charge in [0.25, 0.3) is 0 Å². The summed E-state index contributed by atoms with van der Waals surface area (Å²) in [5.74, 6) is 1.35. The first-order valence-corrected chi connectivity index (χ1v) is 24.3. The van der Waals surface area contributed by atoms with Gasteiger partial charge in [-0.25, -0.2) is 4.98 Å². The molecule has 1 aliphatic heterocycles. The van der Waals surface area contributed by atoms with Crippen LogP contribution in [0.2, 0.25) is 0 Å². The summed E-state index contributed by atoms with van der Waals surface area (Å²) >= 11 is 0. The van der Waals surface area contributed by atoms with Gasteiger partial charge in [0, 0.05) is 54.0 Å². The normalized spacial score (nSPS) is 15.1. The van der Waals surface area contributed by atoms with E-state index in [0.29, 0.717) is 29.8 Å². The van der Waals surface area contributed by atoms with Gasteiger partial charge in [0.15, 0.2) is 0 Å². The Hall–Kier alpha value is -7.20. The van der Waals surface area contributed by atoms with Crippen LogP contribution in [-0.2, 0) is 44.9 Å². The number of rotatable bonds is 12. The first-order valence-electron chi connectivity index (χ1n) is 30.3. The van der Waals surface area contributed by atoms with Crippen LogP contribution in [0, 0.1) is 25.7 Å². The second kappa shape index (κ2) is 20.4. The number of aryl methyl sites for hydroxylation is 1. The maximum absolute atomic E-state index is 9.62. The summed E-state index contributed by atoms with van der Waals surface area (Å²) < 4.78 is 115. The molecule has 73 heavy (non-hydrogen) atoms. The van der Waals surface area contributed by atoms with Gasteiger partial charge < -0.3 is 19.1 Å². The van der Waals surface area contributed by atoms with Gasteiger partial charge in [-0.2, -0.15) is 37.0 Å². The summed E-state index contributed by atoms with van der Waals surface area (Å²) in [5, 5.41) is 2.09. The molecule has 0 atom stereocenters. The van der Waals surface area contributed by atoms with Gasteiger partial charge in [0.1, 0.15) is 5.82 Å². The molecule has 5 nitrogen and oxygen atoms in total. The molecule has 0 amide bonds. The van der Waals surface area contributed by atoms with Crippen LogP contribution in [-0.4, -0.2) is 16.1 Å². The molecule has 0 unspecified atom stereocenters. The smallest absolute Gasteiger partial charge is 0.135 e. The van der Waals surface area contributed by atoms with Crippen molar-refractivity contribution in [2.45, 2.75) is 78.7 Å². The molecule has 0 radical (unpaired) electrons. The average molecular weight is 1150 g/mol. The van der Waals surface area contributed by atoms with Crippen LogP contribution in [0.15, 0.2) is 188 Å². The minimum atomic E-state index is -2.66. The maximum atomic E-state index is 9.62. The number of benzene rings is 8. The molecule has 0 saturated heterocycles. The molecule has 0 N–H and O–H groups in total. The van der Waals surface area contributed by atoms with Crippen LogP contribution >= 0.6 is 0 Å². The van der Waals surface area contributed by atoms with Gasteiger partial charge in [-0.3, -0.25) is 0 Å². The van der Waals surface area contributed by atoms with E-state index < -0.39 is 77.8 Å². The van der Waals surface area contributed by atoms with Gasteiger partial charge in [0.05, 0.1) is 18.9 Å². The van der Waals surface area contributed by atoms with Crippen LogP contribution in [0.25, 0.3) is 61.0 Å². The van der Waals surface area contributed by atoms with Crippen molar-refractivity contribution in [1.82, 2.24) is 9.55 Å². The van der Waals surface area contributed by atoms with E-state index in [4.69, 9.17) is 23.4 Å². The Balaban J connectivity index is 0.00000803. The zero-order valence-electron chi connectivity index (χ0n) is 53.6. The third-order valence-electron chi connectivity index (χ3n) is 13.4. The molecule has 0 bridgehead atoms. The van der Waals surface area contributed by atoms with E-state index in [1.165, 1.54) is 0 Å². The Kier molecular flexibility index (Phi) is 10.2. The summed E-state index contributed by atoms with van der Waals surface area (Å²) in [4.78, 5) is 9.02. The first kappa shape index (κ1) is 36.7. The number of aromatic nitrogens is 2. The number of fused-ring (bicyclic) bond motifs is 4. The summed E-state index contributed by atoms with van der Waals surface area (Å²) in [6.07, 6.45) is 2.40. The number of anilines is 3. The molecular formula is C67H61N4OPt-3. The van der Waals surface area contributed by atoms with E-state index >= 15 is 0 Å². The fraction of sp³-hybridized carbons (Fsp3) is 0.194. The quantitative estimate of drug-likeness (QED) is 0.114. The molecule has 0 saturated carbocycles. The number of para-hydroxylation sites is 2. The average Bonchev–Trinajstić information content (AvgIpc) is 3.71. The van der Waals surface area contributed by atoms with Crippen LogP contribution in [0.5, 0.6) is 5.75 Å². The van der Waals surface area contributed by atoms with E-state index in [9.17, 15) is 2.74 Å². The molecule has 0 spiro atoms. The Morgan fingerprint density at radius 1 is 0.658 bits per heavy atom. The van der Waals surface area contributed by atoms with Crippen molar-refractivity contribution in [1.29, 1.82) is 0 Å². The number of ether oxygens (including phenoxy) is 1. The Bertz CT molecular complexity index is 4220. The summed E-state index contributed by atoms with van der Waals surface area (Å²) in [6.45, 7) is 12.2. The molecule has 10 aromatic rings. The maximum Gasteiger partial charge on any atom is 0.135 e. The zero-order valence-corrected chi connectivity index (χ0v) is 43.9. The van der Waals surface area contributed by atoms with Crippen LogP contribution in [0.3, 0.4) is 0 Å². The SMILES string of the molecule is [2H]c1c([2H])c([2H])c(-c2c([2H])c([2H])c([2H])c(-c3cc(C(C)(C)C)cc(C([2H])([2H])[2H])c3CCCN3[CH-]N(c4[c-]c(COc5[c-]c6c(cc5)c5cc(-c7ccccc7)ccc5n6-c5cc(C(C)(C)C)ccn5)ccc4)c4ccccc43)c2[2H])c([2H])c1[2H].[Pt]. The van der Waals surface area contributed by atoms with E-state index in [2.05, 4.69) is 90.9 Å². The molecule has 8 aromatic carbocycles. The monoisotopic (exact) mass is 1140 g/mol. The molecule has 2 aromatic heterocycles. The van der Waals surface area contributed by atoms with E-state index in [-0.39, 0.29) is 56.2 Å². The van der Waals surface area contributed by atoms with Crippen molar-refractivity contribution in [3.05, 3.63) is 235 Å². The largest absolute Gasteiger partial charge is 0.517 e. The van der Waals surface area contributed by atoms with E-state index in [1.807, 2.05) is 105 Å². The predicted octanol–water partition coefficient (Wildman–Crippen LogP) is 17.0. The van der Waals surface area contributed by atoms with Gasteiger partial charge in [-0.05, 0) is 134 Å². The minimum Gasteiger partial charge on any atom is -0.517 e. The van der Waals surface area contributed by atoms with Crippen molar-refractivity contribution in [3.63, 3.8) is 0 Å². The van der Waals surface area contributed by atoms with Gasteiger partial charge in [0.2, 0.25) is 0 Å². The summed E-state index contributed by atoms with van der Waals surface area (Å²) in [6, 6.07) is 43.9. The van der Waals surface area contributed by atoms with E-state index in [1.54, 1.807) is 12.1 Å². The number of hydrogen-bond donors (Lipinski definition) is 0. The molecular weight excluding hydrogens is 1070 g/mol. The number of hydrogen-bond acceptors (Lipinski definition) is 4. The summed E-state index contributed by atoms with van der Waals surface area (Å²) in [7, 11) is 0. The third-order valence-corrected chi connectivity index (χ3v) is 13.4. The molecule has 1 aliphatic rings. The molecule has 3 heterocycles. The van der Waals surface area contributed by atoms with Gasteiger partial charge >= 0.3 is 0 Å². The third kappa shape index (κ3) is 10.1. The van der Waals surface area contributed by atoms with Crippen molar-refractivity contribution < 1.29 is 42.3 Å². The van der Waals surface area contributed by atoms with Gasteiger partial charge in [-0.1, -0.05) is 162 Å². The Labute approximate surface area is 463 Å². The Morgan fingerprint density at radius 3 is 2.22 bits per heavy atom. The fourth-order valence-corrected chi connectivity index (χ4v) is 9.49. The molecule has 0 aliphatic carbocycles. The van der Waals surface area contributed by atoms with Crippen LogP contribution < -0.4 is 14.5 Å². The second-order valence-electron chi connectivity index (χ2n) is 20.3. The van der Waals surface area contributed by atoms with E-state index in [0.717, 1.165) is 66.9 Å². The Morgan fingerprint density at radius 2 is 1.42 bits per heavy atom. The van der Waals surface area contributed by atoms with Crippen molar-refractivity contribution in [2.75, 3.05) is 16.3 Å². The molecule has 368 valence electrons. The minimum absolute atomic E-state index is 0. The first-order chi connectivity index (χ1) is 39.8. The van der Waals surface area contributed by atoms with Crippen molar-refractivity contribution >= 4 is 38.9 Å². The van der Waals surface area contributed by atoms with Crippen molar-refractivity contribution in [3.8, 4) is 44.9 Å². The molecule has 11 rings (SSSR count). The molecule has 0 fully saturated rings.